The van der Waals surface area contributed by atoms with Gasteiger partial charge >= 0.3 is 5.97 Å². The van der Waals surface area contributed by atoms with Crippen molar-refractivity contribution in [2.75, 3.05) is 0 Å². The fraction of sp³-hybridized carbons (Fsp3) is 0.409. The molecule has 25 heavy (non-hydrogen) atoms. The molecule has 0 aromatic heterocycles. The molecule has 3 atom stereocenters. The van der Waals surface area contributed by atoms with Crippen molar-refractivity contribution in [1.82, 2.24) is 0 Å². The average Bonchev–Trinajstić information content (AvgIpc) is 2.62. The van der Waals surface area contributed by atoms with Gasteiger partial charge in [-0.3, -0.25) is 0 Å². The molecule has 0 fully saturated rings. The molecule has 1 aromatic carbocycles. The van der Waals surface area contributed by atoms with Crippen LogP contribution in [0.2, 0.25) is 0 Å². The van der Waals surface area contributed by atoms with Gasteiger partial charge < -0.3 is 9.47 Å². The fourth-order valence-corrected chi connectivity index (χ4v) is 3.01. The van der Waals surface area contributed by atoms with E-state index in [1.54, 1.807) is 13.0 Å². The standard InChI is InChI=1S/C22H28O3/c1-6-22(14-20(16(2)3)13-12-17(22)4)25-21(23)18(5)24-15-19-10-8-7-9-11-19/h6-12,18,20H,1-2,13-15H2,3-5H3/t18?,20-,22-/m1/s1. The van der Waals surface area contributed by atoms with E-state index in [4.69, 9.17) is 9.47 Å². The van der Waals surface area contributed by atoms with Gasteiger partial charge in [0.15, 0.2) is 11.7 Å². The van der Waals surface area contributed by atoms with Crippen LogP contribution < -0.4 is 0 Å². The highest BCUT2D eigenvalue weighted by atomic mass is 16.6. The van der Waals surface area contributed by atoms with Crippen molar-refractivity contribution in [3.05, 3.63) is 72.4 Å². The third kappa shape index (κ3) is 4.70. The van der Waals surface area contributed by atoms with Crippen molar-refractivity contribution >= 4 is 5.97 Å². The monoisotopic (exact) mass is 340 g/mol. The van der Waals surface area contributed by atoms with Crippen LogP contribution in [-0.2, 0) is 20.9 Å². The Balaban J connectivity index is 2.03. The van der Waals surface area contributed by atoms with Crippen LogP contribution in [0.1, 0.15) is 39.2 Å². The first-order valence-corrected chi connectivity index (χ1v) is 8.72. The van der Waals surface area contributed by atoms with Crippen molar-refractivity contribution in [3.8, 4) is 0 Å². The second kappa shape index (κ2) is 8.30. The summed E-state index contributed by atoms with van der Waals surface area (Å²) in [5.41, 5.74) is 2.36. The van der Waals surface area contributed by atoms with E-state index in [2.05, 4.69) is 19.2 Å². The van der Waals surface area contributed by atoms with Crippen LogP contribution in [-0.4, -0.2) is 17.7 Å². The van der Waals surface area contributed by atoms with Crippen molar-refractivity contribution in [2.45, 2.75) is 51.9 Å². The Bertz CT molecular complexity index is 659. The quantitative estimate of drug-likeness (QED) is 0.518. The van der Waals surface area contributed by atoms with E-state index in [1.165, 1.54) is 0 Å². The number of carbonyl (C=O) groups is 1. The van der Waals surface area contributed by atoms with E-state index in [0.29, 0.717) is 13.0 Å². The summed E-state index contributed by atoms with van der Waals surface area (Å²) in [6.07, 6.45) is 4.82. The normalized spacial score (nSPS) is 24.1. The highest BCUT2D eigenvalue weighted by molar-refractivity contribution is 5.75. The molecule has 1 aliphatic carbocycles. The van der Waals surface area contributed by atoms with E-state index in [1.807, 2.05) is 44.2 Å². The molecule has 3 nitrogen and oxygen atoms in total. The molecule has 0 N–H and O–H groups in total. The zero-order valence-electron chi connectivity index (χ0n) is 15.5. The molecular formula is C22H28O3. The zero-order valence-corrected chi connectivity index (χ0v) is 15.5. The molecule has 1 aliphatic rings. The Labute approximate surface area is 151 Å². The van der Waals surface area contributed by atoms with Crippen LogP contribution in [0.3, 0.4) is 0 Å². The Morgan fingerprint density at radius 2 is 2.08 bits per heavy atom. The van der Waals surface area contributed by atoms with E-state index in [-0.39, 0.29) is 11.9 Å². The van der Waals surface area contributed by atoms with Gasteiger partial charge in [-0.15, -0.1) is 0 Å². The topological polar surface area (TPSA) is 35.5 Å². The first-order chi connectivity index (χ1) is 11.9. The van der Waals surface area contributed by atoms with E-state index in [9.17, 15) is 4.79 Å². The van der Waals surface area contributed by atoms with Crippen LogP contribution in [0, 0.1) is 5.92 Å². The summed E-state index contributed by atoms with van der Waals surface area (Å²) in [6, 6.07) is 9.78. The highest BCUT2D eigenvalue weighted by Gasteiger charge is 2.39. The molecule has 0 saturated carbocycles. The average molecular weight is 340 g/mol. The molecule has 0 heterocycles. The zero-order chi connectivity index (χ0) is 18.4. The molecule has 0 aliphatic heterocycles. The van der Waals surface area contributed by atoms with Gasteiger partial charge in [0.1, 0.15) is 0 Å². The lowest BCUT2D eigenvalue weighted by Crippen LogP contribution is -2.41. The van der Waals surface area contributed by atoms with Crippen LogP contribution in [0.5, 0.6) is 0 Å². The number of hydrogen-bond acceptors (Lipinski definition) is 3. The van der Waals surface area contributed by atoms with Gasteiger partial charge in [-0.25, -0.2) is 4.79 Å². The molecule has 1 aromatic rings. The lowest BCUT2D eigenvalue weighted by atomic mass is 9.75. The Kier molecular flexibility index (Phi) is 6.38. The first-order valence-electron chi connectivity index (χ1n) is 8.72. The summed E-state index contributed by atoms with van der Waals surface area (Å²) in [5.74, 6) is -0.0824. The summed E-state index contributed by atoms with van der Waals surface area (Å²) in [6.45, 7) is 14.1. The maximum Gasteiger partial charge on any atom is 0.336 e. The van der Waals surface area contributed by atoms with Crippen molar-refractivity contribution in [3.63, 3.8) is 0 Å². The minimum absolute atomic E-state index is 0.287. The minimum Gasteiger partial charge on any atom is -0.448 e. The van der Waals surface area contributed by atoms with Crippen molar-refractivity contribution in [2.24, 2.45) is 5.92 Å². The SMILES string of the molecule is C=C[C@@]1(OC(=O)C(C)OCc2ccccc2)C[C@H](C(=C)C)CC=C1C. The lowest BCUT2D eigenvalue weighted by Gasteiger charge is -2.38. The molecule has 2 rings (SSSR count). The summed E-state index contributed by atoms with van der Waals surface area (Å²) in [4.78, 5) is 12.6. The van der Waals surface area contributed by atoms with Crippen LogP contribution in [0.15, 0.2) is 66.8 Å². The third-order valence-corrected chi connectivity index (χ3v) is 4.91. The number of benzene rings is 1. The molecule has 0 radical (unpaired) electrons. The summed E-state index contributed by atoms with van der Waals surface area (Å²) in [5, 5.41) is 0. The predicted octanol–water partition coefficient (Wildman–Crippen LogP) is 4.99. The highest BCUT2D eigenvalue weighted by Crippen LogP contribution is 2.39. The Morgan fingerprint density at radius 1 is 1.40 bits per heavy atom. The van der Waals surface area contributed by atoms with Crippen LogP contribution >= 0.6 is 0 Å². The molecule has 0 saturated heterocycles. The summed E-state index contributed by atoms with van der Waals surface area (Å²) >= 11 is 0. The molecule has 0 bridgehead atoms. The molecule has 1 unspecified atom stereocenters. The minimum atomic E-state index is -0.774. The predicted molar refractivity (Wildman–Crippen MR) is 101 cm³/mol. The van der Waals surface area contributed by atoms with Gasteiger partial charge in [0, 0.05) is 6.42 Å². The van der Waals surface area contributed by atoms with Gasteiger partial charge in [-0.1, -0.05) is 55.1 Å². The van der Waals surface area contributed by atoms with E-state index < -0.39 is 11.7 Å². The van der Waals surface area contributed by atoms with E-state index in [0.717, 1.165) is 23.1 Å². The fourth-order valence-electron chi connectivity index (χ4n) is 3.01. The molecule has 134 valence electrons. The number of carbonyl (C=O) groups excluding carboxylic acids is 1. The number of rotatable bonds is 7. The molecule has 0 spiro atoms. The number of ether oxygens (including phenoxy) is 2. The second-order valence-electron chi connectivity index (χ2n) is 6.82. The summed E-state index contributed by atoms with van der Waals surface area (Å²) < 4.78 is 11.6. The lowest BCUT2D eigenvalue weighted by molar-refractivity contribution is -0.167. The molecule has 3 heteroatoms. The van der Waals surface area contributed by atoms with Gasteiger partial charge in [0.25, 0.3) is 0 Å². The first kappa shape index (κ1) is 19.2. The van der Waals surface area contributed by atoms with Gasteiger partial charge in [0.2, 0.25) is 0 Å². The van der Waals surface area contributed by atoms with Gasteiger partial charge in [-0.05, 0) is 50.3 Å². The number of allylic oxidation sites excluding steroid dienone is 2. The smallest absolute Gasteiger partial charge is 0.336 e. The van der Waals surface area contributed by atoms with Crippen LogP contribution in [0.4, 0.5) is 0 Å². The molecule has 0 amide bonds. The number of hydrogen-bond donors (Lipinski definition) is 0. The Hall–Kier alpha value is -2.13. The van der Waals surface area contributed by atoms with Gasteiger partial charge in [0.05, 0.1) is 6.61 Å². The Morgan fingerprint density at radius 3 is 2.68 bits per heavy atom. The third-order valence-electron chi connectivity index (χ3n) is 4.91. The maximum atomic E-state index is 12.6. The largest absolute Gasteiger partial charge is 0.448 e. The molecular weight excluding hydrogens is 312 g/mol. The van der Waals surface area contributed by atoms with Crippen LogP contribution in [0.25, 0.3) is 0 Å². The number of esters is 1. The van der Waals surface area contributed by atoms with Gasteiger partial charge in [-0.2, -0.15) is 0 Å². The van der Waals surface area contributed by atoms with Crippen molar-refractivity contribution in [1.29, 1.82) is 0 Å². The second-order valence-corrected chi connectivity index (χ2v) is 6.82. The summed E-state index contributed by atoms with van der Waals surface area (Å²) in [7, 11) is 0. The van der Waals surface area contributed by atoms with Crippen molar-refractivity contribution < 1.29 is 14.3 Å². The van der Waals surface area contributed by atoms with E-state index >= 15 is 0 Å². The maximum absolute atomic E-state index is 12.6.